The normalized spacial score (nSPS) is 12.1. The largest absolute Gasteiger partial charge is 0.377 e. The second-order valence-electron chi connectivity index (χ2n) is 5.41. The molecule has 1 N–H and O–H groups in total. The van der Waals surface area contributed by atoms with E-state index in [0.29, 0.717) is 10.6 Å². The van der Waals surface area contributed by atoms with E-state index in [4.69, 9.17) is 11.6 Å². The summed E-state index contributed by atoms with van der Waals surface area (Å²) < 4.78 is 13.7. The summed E-state index contributed by atoms with van der Waals surface area (Å²) in [5.41, 5.74) is 3.42. The van der Waals surface area contributed by atoms with E-state index < -0.39 is 0 Å². The fourth-order valence-electron chi connectivity index (χ4n) is 2.28. The fourth-order valence-corrected chi connectivity index (χ4v) is 2.62. The molecule has 0 saturated carbocycles. The molecule has 1 atom stereocenters. The summed E-state index contributed by atoms with van der Waals surface area (Å²) >= 11 is 6.26. The summed E-state index contributed by atoms with van der Waals surface area (Å²) in [4.78, 5) is 1.97. The third-order valence-electron chi connectivity index (χ3n) is 3.50. The smallest absolute Gasteiger partial charge is 0.126 e. The van der Waals surface area contributed by atoms with Crippen LogP contribution in [0.2, 0.25) is 5.02 Å². The van der Waals surface area contributed by atoms with Gasteiger partial charge in [0.15, 0.2) is 0 Å². The van der Waals surface area contributed by atoms with Crippen molar-refractivity contribution in [2.24, 2.45) is 0 Å². The van der Waals surface area contributed by atoms with Gasteiger partial charge in [-0.2, -0.15) is 0 Å². The lowest BCUT2D eigenvalue weighted by atomic mass is 10.1. The third kappa shape index (κ3) is 3.48. The number of hydrogen-bond donors (Lipinski definition) is 1. The van der Waals surface area contributed by atoms with Crippen LogP contribution < -0.4 is 10.2 Å². The highest BCUT2D eigenvalue weighted by molar-refractivity contribution is 6.34. The van der Waals surface area contributed by atoms with E-state index in [0.717, 1.165) is 16.9 Å². The van der Waals surface area contributed by atoms with Crippen molar-refractivity contribution in [2.75, 3.05) is 24.3 Å². The first-order valence-corrected chi connectivity index (χ1v) is 7.26. The van der Waals surface area contributed by atoms with E-state index in [1.807, 2.05) is 50.2 Å². The van der Waals surface area contributed by atoms with Gasteiger partial charge in [-0.05, 0) is 43.2 Å². The van der Waals surface area contributed by atoms with Crippen LogP contribution in [0.5, 0.6) is 0 Å². The van der Waals surface area contributed by atoms with Gasteiger partial charge in [-0.15, -0.1) is 0 Å². The first-order chi connectivity index (χ1) is 9.90. The Kier molecular flexibility index (Phi) is 4.73. The van der Waals surface area contributed by atoms with E-state index in [2.05, 4.69) is 5.32 Å². The molecule has 0 spiro atoms. The number of hydrogen-bond acceptors (Lipinski definition) is 2. The summed E-state index contributed by atoms with van der Waals surface area (Å²) in [6.07, 6.45) is 0. The average Bonchev–Trinajstić information content (AvgIpc) is 2.41. The molecule has 2 aromatic carbocycles. The molecule has 4 heteroatoms. The molecule has 0 fully saturated rings. The Bertz CT molecular complexity index is 641. The Balaban J connectivity index is 2.29. The second-order valence-corrected chi connectivity index (χ2v) is 5.81. The highest BCUT2D eigenvalue weighted by atomic mass is 35.5. The molecule has 0 aliphatic heterocycles. The number of anilines is 2. The Morgan fingerprint density at radius 3 is 2.52 bits per heavy atom. The van der Waals surface area contributed by atoms with Crippen LogP contribution in [-0.2, 0) is 0 Å². The van der Waals surface area contributed by atoms with Gasteiger partial charge in [-0.3, -0.25) is 0 Å². The highest BCUT2D eigenvalue weighted by Gasteiger charge is 2.13. The van der Waals surface area contributed by atoms with Gasteiger partial charge < -0.3 is 10.2 Å². The first-order valence-electron chi connectivity index (χ1n) is 6.88. The summed E-state index contributed by atoms with van der Waals surface area (Å²) in [5, 5.41) is 4.09. The Hall–Kier alpha value is -1.74. The molecule has 0 aliphatic rings. The molecule has 1 unspecified atom stereocenters. The fraction of sp³-hybridized carbons (Fsp3) is 0.294. The van der Waals surface area contributed by atoms with Crippen LogP contribution >= 0.6 is 11.6 Å². The van der Waals surface area contributed by atoms with Crippen LogP contribution in [0.4, 0.5) is 15.8 Å². The third-order valence-corrected chi connectivity index (χ3v) is 3.81. The zero-order valence-corrected chi connectivity index (χ0v) is 13.5. The minimum absolute atomic E-state index is 0.0164. The van der Waals surface area contributed by atoms with Crippen LogP contribution in [0.15, 0.2) is 36.4 Å². The Morgan fingerprint density at radius 1 is 1.19 bits per heavy atom. The van der Waals surface area contributed by atoms with Gasteiger partial charge in [0.1, 0.15) is 5.82 Å². The standard InChI is InChI=1S/C17H20ClFN2/c1-11-8-9-13(10-15(11)19)12(2)20-16-7-5-6-14(18)17(16)21(3)4/h5-10,12,20H,1-4H3. The molecule has 0 saturated heterocycles. The molecule has 0 aliphatic carbocycles. The summed E-state index contributed by atoms with van der Waals surface area (Å²) in [7, 11) is 3.89. The van der Waals surface area contributed by atoms with Crippen molar-refractivity contribution in [1.29, 1.82) is 0 Å². The van der Waals surface area contributed by atoms with Gasteiger partial charge in [0.2, 0.25) is 0 Å². The Morgan fingerprint density at radius 2 is 1.90 bits per heavy atom. The van der Waals surface area contributed by atoms with Gasteiger partial charge in [0.25, 0.3) is 0 Å². The van der Waals surface area contributed by atoms with E-state index in [1.165, 1.54) is 0 Å². The molecule has 0 heterocycles. The topological polar surface area (TPSA) is 15.3 Å². The molecule has 2 rings (SSSR count). The molecular weight excluding hydrogens is 287 g/mol. The van der Waals surface area contributed by atoms with Gasteiger partial charge in [-0.25, -0.2) is 4.39 Å². The minimum Gasteiger partial charge on any atom is -0.377 e. The van der Waals surface area contributed by atoms with Crippen molar-refractivity contribution >= 4 is 23.0 Å². The lowest BCUT2D eigenvalue weighted by Crippen LogP contribution is -2.14. The monoisotopic (exact) mass is 306 g/mol. The first kappa shape index (κ1) is 15.6. The molecule has 0 amide bonds. The van der Waals surface area contributed by atoms with Crippen LogP contribution in [0, 0.1) is 12.7 Å². The predicted octanol–water partition coefficient (Wildman–Crippen LogP) is 5.03. The van der Waals surface area contributed by atoms with Crippen molar-refractivity contribution in [3.63, 3.8) is 0 Å². The van der Waals surface area contributed by atoms with Crippen molar-refractivity contribution in [3.05, 3.63) is 58.4 Å². The van der Waals surface area contributed by atoms with Gasteiger partial charge in [-0.1, -0.05) is 29.8 Å². The lowest BCUT2D eigenvalue weighted by molar-refractivity contribution is 0.614. The maximum absolute atomic E-state index is 13.7. The number of benzene rings is 2. The molecule has 2 aromatic rings. The SMILES string of the molecule is Cc1ccc(C(C)Nc2cccc(Cl)c2N(C)C)cc1F. The lowest BCUT2D eigenvalue weighted by Gasteiger charge is -2.23. The molecular formula is C17H20ClFN2. The number of nitrogens with zero attached hydrogens (tertiary/aromatic N) is 1. The van der Waals surface area contributed by atoms with Crippen molar-refractivity contribution in [2.45, 2.75) is 19.9 Å². The average molecular weight is 307 g/mol. The number of halogens is 2. The van der Waals surface area contributed by atoms with Crippen LogP contribution in [0.3, 0.4) is 0 Å². The Labute approximate surface area is 130 Å². The van der Waals surface area contributed by atoms with E-state index in [9.17, 15) is 4.39 Å². The summed E-state index contributed by atoms with van der Waals surface area (Å²) in [5.74, 6) is -0.180. The maximum Gasteiger partial charge on any atom is 0.126 e. The van der Waals surface area contributed by atoms with Crippen molar-refractivity contribution in [3.8, 4) is 0 Å². The summed E-state index contributed by atoms with van der Waals surface area (Å²) in [6, 6.07) is 11.0. The van der Waals surface area contributed by atoms with E-state index in [-0.39, 0.29) is 11.9 Å². The molecule has 0 aromatic heterocycles. The molecule has 21 heavy (non-hydrogen) atoms. The van der Waals surface area contributed by atoms with Gasteiger partial charge >= 0.3 is 0 Å². The number of nitrogens with one attached hydrogen (secondary N) is 1. The predicted molar refractivity (Wildman–Crippen MR) is 89.0 cm³/mol. The number of para-hydroxylation sites is 1. The zero-order chi connectivity index (χ0) is 15.6. The van der Waals surface area contributed by atoms with Crippen molar-refractivity contribution < 1.29 is 4.39 Å². The molecule has 112 valence electrons. The van der Waals surface area contributed by atoms with E-state index in [1.54, 1.807) is 19.1 Å². The minimum atomic E-state index is -0.180. The molecule has 2 nitrogen and oxygen atoms in total. The number of rotatable bonds is 4. The van der Waals surface area contributed by atoms with E-state index >= 15 is 0 Å². The quantitative estimate of drug-likeness (QED) is 0.852. The molecule has 0 radical (unpaired) electrons. The summed E-state index contributed by atoms with van der Waals surface area (Å²) in [6.45, 7) is 3.77. The number of aryl methyl sites for hydroxylation is 1. The second kappa shape index (κ2) is 6.35. The van der Waals surface area contributed by atoms with Crippen LogP contribution in [0.25, 0.3) is 0 Å². The van der Waals surface area contributed by atoms with Crippen molar-refractivity contribution in [1.82, 2.24) is 0 Å². The highest BCUT2D eigenvalue weighted by Crippen LogP contribution is 2.34. The zero-order valence-electron chi connectivity index (χ0n) is 12.7. The maximum atomic E-state index is 13.7. The van der Waals surface area contributed by atoms with Crippen LogP contribution in [0.1, 0.15) is 24.1 Å². The van der Waals surface area contributed by atoms with Crippen LogP contribution in [-0.4, -0.2) is 14.1 Å². The molecule has 0 bridgehead atoms. The van der Waals surface area contributed by atoms with Gasteiger partial charge in [0.05, 0.1) is 16.4 Å². The van der Waals surface area contributed by atoms with Gasteiger partial charge in [0, 0.05) is 20.1 Å².